The van der Waals surface area contributed by atoms with Gasteiger partial charge in [-0.25, -0.2) is 4.79 Å². The van der Waals surface area contributed by atoms with Crippen LogP contribution in [0.1, 0.15) is 12.8 Å². The molecule has 1 aliphatic heterocycles. The molecule has 0 saturated carbocycles. The minimum Gasteiger partial charge on any atom is -0.363 e. The number of halogens is 2. The summed E-state index contributed by atoms with van der Waals surface area (Å²) in [7, 11) is 3.57. The monoisotopic (exact) mass is 299 g/mol. The highest BCUT2D eigenvalue weighted by Crippen LogP contribution is 2.28. The zero-order chi connectivity index (χ0) is 14.0. The fourth-order valence-electron chi connectivity index (χ4n) is 1.97. The third-order valence-corrected chi connectivity index (χ3v) is 3.67. The number of amides is 2. The predicted octanol–water partition coefficient (Wildman–Crippen LogP) is 3.67. The Bertz CT molecular complexity index is 531. The van der Waals surface area contributed by atoms with Crippen molar-refractivity contribution in [3.05, 3.63) is 28.2 Å². The molecule has 0 N–H and O–H groups in total. The van der Waals surface area contributed by atoms with E-state index in [1.807, 2.05) is 11.9 Å². The third-order valence-electron chi connectivity index (χ3n) is 3.12. The topological polar surface area (TPSA) is 35.9 Å². The molecule has 1 heterocycles. The predicted molar refractivity (Wildman–Crippen MR) is 79.6 cm³/mol. The third kappa shape index (κ3) is 3.19. The van der Waals surface area contributed by atoms with Gasteiger partial charge in [-0.3, -0.25) is 4.90 Å². The summed E-state index contributed by atoms with van der Waals surface area (Å²) in [5, 5.41) is 1.00. The lowest BCUT2D eigenvalue weighted by atomic mass is 10.3. The van der Waals surface area contributed by atoms with Gasteiger partial charge in [-0.05, 0) is 24.6 Å². The van der Waals surface area contributed by atoms with E-state index in [9.17, 15) is 4.79 Å². The van der Waals surface area contributed by atoms with Crippen LogP contribution in [0.5, 0.6) is 0 Å². The average molecular weight is 300 g/mol. The van der Waals surface area contributed by atoms with Crippen molar-refractivity contribution in [2.24, 2.45) is 4.99 Å². The number of hydrogen-bond acceptors (Lipinski definition) is 1. The van der Waals surface area contributed by atoms with E-state index in [2.05, 4.69) is 4.99 Å². The number of carbonyl (C=O) groups excluding carboxylic acids is 1. The summed E-state index contributed by atoms with van der Waals surface area (Å²) in [4.78, 5) is 19.7. The molecule has 4 nitrogen and oxygen atoms in total. The van der Waals surface area contributed by atoms with Gasteiger partial charge in [0.2, 0.25) is 0 Å². The molecule has 2 amide bonds. The minimum absolute atomic E-state index is 0.340. The van der Waals surface area contributed by atoms with E-state index < -0.39 is 0 Å². The highest BCUT2D eigenvalue weighted by molar-refractivity contribution is 6.35. The Hall–Kier alpha value is -1.26. The van der Waals surface area contributed by atoms with Gasteiger partial charge in [-0.15, -0.1) is 0 Å². The standard InChI is InChI=1S/C13H15Cl2N3O/c1-17-7-3-4-12(17)16-13(19)18(2)11-8-9(14)5-6-10(11)15/h5-6,8H,3-4,7H2,1-2H3/b16-12-. The van der Waals surface area contributed by atoms with E-state index >= 15 is 0 Å². The van der Waals surface area contributed by atoms with Crippen LogP contribution >= 0.6 is 23.2 Å². The molecule has 102 valence electrons. The van der Waals surface area contributed by atoms with Crippen LogP contribution < -0.4 is 4.90 Å². The van der Waals surface area contributed by atoms with Crippen LogP contribution in [0.15, 0.2) is 23.2 Å². The fourth-order valence-corrected chi connectivity index (χ4v) is 2.38. The van der Waals surface area contributed by atoms with Crippen LogP contribution in [0.4, 0.5) is 10.5 Å². The van der Waals surface area contributed by atoms with Gasteiger partial charge in [-0.1, -0.05) is 23.2 Å². The highest BCUT2D eigenvalue weighted by atomic mass is 35.5. The Morgan fingerprint density at radius 1 is 1.42 bits per heavy atom. The van der Waals surface area contributed by atoms with Crippen molar-refractivity contribution in [3.63, 3.8) is 0 Å². The molecular weight excluding hydrogens is 285 g/mol. The van der Waals surface area contributed by atoms with Gasteiger partial charge in [-0.2, -0.15) is 4.99 Å². The van der Waals surface area contributed by atoms with E-state index in [0.29, 0.717) is 15.7 Å². The maximum atomic E-state index is 12.1. The number of rotatable bonds is 1. The van der Waals surface area contributed by atoms with Crippen LogP contribution in [0.25, 0.3) is 0 Å². The second kappa shape index (κ2) is 5.80. The number of carbonyl (C=O) groups is 1. The largest absolute Gasteiger partial charge is 0.363 e. The Morgan fingerprint density at radius 2 is 2.16 bits per heavy atom. The van der Waals surface area contributed by atoms with Crippen LogP contribution in [0.2, 0.25) is 10.0 Å². The van der Waals surface area contributed by atoms with E-state index in [4.69, 9.17) is 23.2 Å². The lowest BCUT2D eigenvalue weighted by Gasteiger charge is -2.18. The molecule has 1 saturated heterocycles. The molecule has 1 aromatic carbocycles. The molecule has 0 spiro atoms. The first-order valence-corrected chi connectivity index (χ1v) is 6.76. The second-order valence-corrected chi connectivity index (χ2v) is 5.33. The van der Waals surface area contributed by atoms with Crippen molar-refractivity contribution in [2.75, 3.05) is 25.5 Å². The number of likely N-dealkylation sites (tertiary alicyclic amines) is 1. The van der Waals surface area contributed by atoms with Gasteiger partial charge >= 0.3 is 6.03 Å². The zero-order valence-electron chi connectivity index (χ0n) is 10.9. The summed E-state index contributed by atoms with van der Waals surface area (Å²) in [6, 6.07) is 4.66. The van der Waals surface area contributed by atoms with Gasteiger partial charge in [0, 0.05) is 32.1 Å². The maximum Gasteiger partial charge on any atom is 0.349 e. The molecule has 0 radical (unpaired) electrons. The van der Waals surface area contributed by atoms with Crippen LogP contribution in [0.3, 0.4) is 0 Å². The van der Waals surface area contributed by atoms with E-state index in [0.717, 1.165) is 25.2 Å². The lowest BCUT2D eigenvalue weighted by molar-refractivity contribution is 0.255. The van der Waals surface area contributed by atoms with E-state index in [1.165, 1.54) is 4.90 Å². The first-order chi connectivity index (χ1) is 8.99. The smallest absolute Gasteiger partial charge is 0.349 e. The Labute approximate surface area is 122 Å². The maximum absolute atomic E-state index is 12.1. The molecule has 1 fully saturated rings. The summed E-state index contributed by atoms with van der Waals surface area (Å²) in [6.45, 7) is 0.938. The molecule has 0 bridgehead atoms. The molecule has 2 rings (SSSR count). The quantitative estimate of drug-likeness (QED) is 0.793. The van der Waals surface area contributed by atoms with Crippen LogP contribution in [0, 0.1) is 0 Å². The zero-order valence-corrected chi connectivity index (χ0v) is 12.4. The van der Waals surface area contributed by atoms with Crippen molar-refractivity contribution >= 4 is 40.8 Å². The summed E-state index contributed by atoms with van der Waals surface area (Å²) in [6.07, 6.45) is 1.86. The molecular formula is C13H15Cl2N3O. The number of anilines is 1. The first kappa shape index (κ1) is 14.2. The lowest BCUT2D eigenvalue weighted by Crippen LogP contribution is -2.27. The van der Waals surface area contributed by atoms with Gasteiger partial charge in [0.05, 0.1) is 10.7 Å². The van der Waals surface area contributed by atoms with Crippen LogP contribution in [-0.2, 0) is 0 Å². The summed E-state index contributed by atoms with van der Waals surface area (Å²) in [5.41, 5.74) is 0.559. The Balaban J connectivity index is 2.21. The first-order valence-electron chi connectivity index (χ1n) is 6.00. The van der Waals surface area contributed by atoms with Gasteiger partial charge in [0.1, 0.15) is 5.84 Å². The van der Waals surface area contributed by atoms with Crippen molar-refractivity contribution in [3.8, 4) is 0 Å². The highest BCUT2D eigenvalue weighted by Gasteiger charge is 2.19. The molecule has 0 unspecified atom stereocenters. The van der Waals surface area contributed by atoms with Crippen molar-refractivity contribution in [1.82, 2.24) is 4.90 Å². The van der Waals surface area contributed by atoms with Crippen LogP contribution in [-0.4, -0.2) is 37.4 Å². The van der Waals surface area contributed by atoms with Crippen molar-refractivity contribution in [1.29, 1.82) is 0 Å². The molecule has 6 heteroatoms. The Morgan fingerprint density at radius 3 is 2.79 bits per heavy atom. The Kier molecular flexibility index (Phi) is 4.32. The normalized spacial score (nSPS) is 17.1. The summed E-state index contributed by atoms with van der Waals surface area (Å²) in [5.74, 6) is 0.815. The van der Waals surface area contributed by atoms with Gasteiger partial charge in [0.25, 0.3) is 0 Å². The molecule has 1 aromatic rings. The number of hydrogen-bond donors (Lipinski definition) is 0. The van der Waals surface area contributed by atoms with E-state index in [1.54, 1.807) is 25.2 Å². The molecule has 0 aliphatic carbocycles. The molecule has 0 atom stereocenters. The number of nitrogens with zero attached hydrogens (tertiary/aromatic N) is 3. The van der Waals surface area contributed by atoms with Crippen molar-refractivity contribution in [2.45, 2.75) is 12.8 Å². The second-order valence-electron chi connectivity index (χ2n) is 4.49. The summed E-state index contributed by atoms with van der Waals surface area (Å²) < 4.78 is 0. The number of amidine groups is 1. The molecule has 0 aromatic heterocycles. The van der Waals surface area contributed by atoms with Gasteiger partial charge < -0.3 is 4.90 Å². The van der Waals surface area contributed by atoms with Crippen molar-refractivity contribution < 1.29 is 4.79 Å². The fraction of sp³-hybridized carbons (Fsp3) is 0.385. The van der Waals surface area contributed by atoms with Gasteiger partial charge in [0.15, 0.2) is 0 Å². The number of benzene rings is 1. The summed E-state index contributed by atoms with van der Waals surface area (Å²) >= 11 is 12.0. The minimum atomic E-state index is -0.340. The number of aliphatic imine (C=N–C) groups is 1. The molecule has 1 aliphatic rings. The average Bonchev–Trinajstić information content (AvgIpc) is 2.77. The van der Waals surface area contributed by atoms with E-state index in [-0.39, 0.29) is 6.03 Å². The molecule has 19 heavy (non-hydrogen) atoms. The SMILES string of the molecule is CN1CCC/C1=N/C(=O)N(C)c1cc(Cl)ccc1Cl. The number of urea groups is 1.